The second-order valence-corrected chi connectivity index (χ2v) is 8.38. The number of rotatable bonds is 3. The van der Waals surface area contributed by atoms with E-state index in [1.165, 1.54) is 0 Å². The van der Waals surface area contributed by atoms with Crippen molar-refractivity contribution in [3.63, 3.8) is 0 Å². The molecule has 2 saturated heterocycles. The van der Waals surface area contributed by atoms with Crippen LogP contribution in [0, 0.1) is 0 Å². The van der Waals surface area contributed by atoms with Crippen LogP contribution in [-0.2, 0) is 9.47 Å². The van der Waals surface area contributed by atoms with Crippen molar-refractivity contribution >= 4 is 34.4 Å². The number of pyridine rings is 2. The van der Waals surface area contributed by atoms with Gasteiger partial charge in [0.15, 0.2) is 5.65 Å². The summed E-state index contributed by atoms with van der Waals surface area (Å²) < 4.78 is 11.3. The Labute approximate surface area is 186 Å². The van der Waals surface area contributed by atoms with Crippen LogP contribution in [0.1, 0.15) is 13.8 Å². The Kier molecular flexibility index (Phi) is 5.60. The highest BCUT2D eigenvalue weighted by atomic mass is 35.5. The van der Waals surface area contributed by atoms with Gasteiger partial charge in [0.05, 0.1) is 55.3 Å². The van der Waals surface area contributed by atoms with E-state index < -0.39 is 0 Å². The van der Waals surface area contributed by atoms with Crippen molar-refractivity contribution in [1.82, 2.24) is 19.9 Å². The molecule has 0 saturated carbocycles. The topological polar surface area (TPSA) is 76.5 Å². The van der Waals surface area contributed by atoms with E-state index in [-0.39, 0.29) is 12.1 Å². The molecule has 3 aromatic heterocycles. The van der Waals surface area contributed by atoms with Gasteiger partial charge >= 0.3 is 0 Å². The first-order valence-corrected chi connectivity index (χ1v) is 11.0. The van der Waals surface area contributed by atoms with Crippen molar-refractivity contribution in [2.45, 2.75) is 25.9 Å². The molecule has 0 aromatic carbocycles. The fraction of sp³-hybridized carbons (Fsp3) is 0.455. The maximum Gasteiger partial charge on any atom is 0.229 e. The fourth-order valence-corrected chi connectivity index (χ4v) is 4.25. The predicted molar refractivity (Wildman–Crippen MR) is 121 cm³/mol. The Bertz CT molecular complexity index is 1100. The average molecular weight is 441 g/mol. The summed E-state index contributed by atoms with van der Waals surface area (Å²) in [7, 11) is 0. The first-order chi connectivity index (χ1) is 15.1. The van der Waals surface area contributed by atoms with Crippen molar-refractivity contribution in [1.29, 1.82) is 0 Å². The molecule has 5 heterocycles. The molecule has 2 aliphatic rings. The number of nitrogens with zero attached hydrogens (tertiary/aromatic N) is 6. The lowest BCUT2D eigenvalue weighted by Crippen LogP contribution is -2.46. The van der Waals surface area contributed by atoms with Gasteiger partial charge in [0, 0.05) is 13.1 Å². The molecule has 31 heavy (non-hydrogen) atoms. The maximum atomic E-state index is 6.10. The minimum atomic E-state index is 0.193. The van der Waals surface area contributed by atoms with Gasteiger partial charge in [-0.2, -0.15) is 9.97 Å². The first kappa shape index (κ1) is 20.4. The number of aromatic nitrogens is 4. The van der Waals surface area contributed by atoms with Crippen molar-refractivity contribution in [3.8, 4) is 11.4 Å². The number of halogens is 1. The zero-order chi connectivity index (χ0) is 21.4. The van der Waals surface area contributed by atoms with Gasteiger partial charge in [0.25, 0.3) is 0 Å². The highest BCUT2D eigenvalue weighted by Crippen LogP contribution is 2.31. The van der Waals surface area contributed by atoms with Crippen LogP contribution >= 0.6 is 11.6 Å². The van der Waals surface area contributed by atoms with E-state index in [4.69, 9.17) is 36.0 Å². The van der Waals surface area contributed by atoms with Crippen LogP contribution < -0.4 is 9.80 Å². The molecule has 0 aliphatic carbocycles. The summed E-state index contributed by atoms with van der Waals surface area (Å²) in [6.07, 6.45) is 0. The Hall–Kier alpha value is -2.55. The molecule has 2 fully saturated rings. The van der Waals surface area contributed by atoms with Gasteiger partial charge in [-0.3, -0.25) is 0 Å². The summed E-state index contributed by atoms with van der Waals surface area (Å²) in [5.41, 5.74) is 2.10. The zero-order valence-electron chi connectivity index (χ0n) is 17.7. The third-order valence-corrected chi connectivity index (χ3v) is 5.98. The van der Waals surface area contributed by atoms with Gasteiger partial charge < -0.3 is 19.3 Å². The van der Waals surface area contributed by atoms with Crippen LogP contribution in [0.2, 0.25) is 5.15 Å². The fourth-order valence-electron chi connectivity index (χ4n) is 4.09. The van der Waals surface area contributed by atoms with E-state index in [0.717, 1.165) is 35.7 Å². The first-order valence-electron chi connectivity index (χ1n) is 10.6. The van der Waals surface area contributed by atoms with E-state index >= 15 is 0 Å². The quantitative estimate of drug-likeness (QED) is 0.575. The monoisotopic (exact) mass is 440 g/mol. The standard InChI is InChI=1S/C22H25ClN6O2/c1-14-12-30-10-8-28(14)21-16-6-7-18(17-4-3-5-19(23)24-17)25-20(16)26-22(27-21)29-9-11-31-13-15(29)2/h3-7,14-15H,8-13H2,1-2H3/t14-,15-/m0/s1. The smallest absolute Gasteiger partial charge is 0.229 e. The molecule has 0 unspecified atom stereocenters. The van der Waals surface area contributed by atoms with E-state index in [1.807, 2.05) is 24.3 Å². The summed E-state index contributed by atoms with van der Waals surface area (Å²) in [5.74, 6) is 1.58. The molecule has 0 amide bonds. The molecule has 2 aliphatic heterocycles. The normalized spacial score (nSPS) is 22.2. The van der Waals surface area contributed by atoms with Crippen molar-refractivity contribution in [2.24, 2.45) is 0 Å². The molecule has 0 N–H and O–H groups in total. The van der Waals surface area contributed by atoms with Crippen molar-refractivity contribution in [2.75, 3.05) is 49.3 Å². The predicted octanol–water partition coefficient (Wildman–Crippen LogP) is 3.19. The van der Waals surface area contributed by atoms with E-state index in [0.29, 0.717) is 43.2 Å². The SMILES string of the molecule is C[C@H]1COCCN1c1nc(N2CCOC[C@@H]2C)c2ccc(-c3cccc(Cl)n3)nc2n1. The van der Waals surface area contributed by atoms with Crippen LogP contribution in [0.5, 0.6) is 0 Å². The molecule has 162 valence electrons. The summed E-state index contributed by atoms with van der Waals surface area (Å²) in [6.45, 7) is 8.48. The molecule has 3 aromatic rings. The molecule has 5 rings (SSSR count). The number of hydrogen-bond donors (Lipinski definition) is 0. The zero-order valence-corrected chi connectivity index (χ0v) is 18.4. The van der Waals surface area contributed by atoms with Gasteiger partial charge in [-0.25, -0.2) is 9.97 Å². The van der Waals surface area contributed by atoms with Crippen LogP contribution in [0.15, 0.2) is 30.3 Å². The molecule has 2 atom stereocenters. The minimum absolute atomic E-state index is 0.193. The summed E-state index contributed by atoms with van der Waals surface area (Å²) in [6, 6.07) is 9.93. The average Bonchev–Trinajstić information content (AvgIpc) is 2.79. The van der Waals surface area contributed by atoms with Gasteiger partial charge in [-0.15, -0.1) is 0 Å². The molecular formula is C22H25ClN6O2. The molecule has 0 bridgehead atoms. The maximum absolute atomic E-state index is 6.10. The number of morpholine rings is 2. The van der Waals surface area contributed by atoms with E-state index in [1.54, 1.807) is 6.07 Å². The van der Waals surface area contributed by atoms with Crippen LogP contribution in [0.25, 0.3) is 22.4 Å². The second-order valence-electron chi connectivity index (χ2n) is 8.00. The van der Waals surface area contributed by atoms with Crippen molar-refractivity contribution in [3.05, 3.63) is 35.5 Å². The highest BCUT2D eigenvalue weighted by Gasteiger charge is 2.27. The van der Waals surface area contributed by atoms with E-state index in [2.05, 4.69) is 28.6 Å². The Morgan fingerprint density at radius 1 is 0.839 bits per heavy atom. The third-order valence-electron chi connectivity index (χ3n) is 5.77. The van der Waals surface area contributed by atoms with E-state index in [9.17, 15) is 0 Å². The van der Waals surface area contributed by atoms with Crippen molar-refractivity contribution < 1.29 is 9.47 Å². The number of fused-ring (bicyclic) bond motifs is 1. The lowest BCUT2D eigenvalue weighted by atomic mass is 10.2. The Morgan fingerprint density at radius 2 is 1.55 bits per heavy atom. The summed E-state index contributed by atoms with van der Waals surface area (Å²) in [5, 5.41) is 1.36. The molecule has 9 heteroatoms. The summed E-state index contributed by atoms with van der Waals surface area (Å²) in [4.78, 5) is 23.6. The van der Waals surface area contributed by atoms with Crippen LogP contribution in [0.3, 0.4) is 0 Å². The Balaban J connectivity index is 1.66. The molecular weight excluding hydrogens is 416 g/mol. The van der Waals surface area contributed by atoms with Crippen LogP contribution in [-0.4, -0.2) is 71.5 Å². The highest BCUT2D eigenvalue weighted by molar-refractivity contribution is 6.29. The van der Waals surface area contributed by atoms with Crippen LogP contribution in [0.4, 0.5) is 11.8 Å². The van der Waals surface area contributed by atoms with Gasteiger partial charge in [0.2, 0.25) is 5.95 Å². The molecule has 0 radical (unpaired) electrons. The lowest BCUT2D eigenvalue weighted by Gasteiger charge is -2.37. The number of hydrogen-bond acceptors (Lipinski definition) is 8. The Morgan fingerprint density at radius 3 is 2.26 bits per heavy atom. The van der Waals surface area contributed by atoms with Gasteiger partial charge in [-0.05, 0) is 38.1 Å². The van der Waals surface area contributed by atoms with Gasteiger partial charge in [-0.1, -0.05) is 17.7 Å². The summed E-state index contributed by atoms with van der Waals surface area (Å²) >= 11 is 6.10. The molecule has 8 nitrogen and oxygen atoms in total. The largest absolute Gasteiger partial charge is 0.377 e. The minimum Gasteiger partial charge on any atom is -0.377 e. The van der Waals surface area contributed by atoms with Gasteiger partial charge in [0.1, 0.15) is 11.0 Å². The molecule has 0 spiro atoms. The number of anilines is 2. The number of ether oxygens (including phenoxy) is 2. The second kappa shape index (κ2) is 8.53. The lowest BCUT2D eigenvalue weighted by molar-refractivity contribution is 0.0973. The third kappa shape index (κ3) is 4.03.